The normalized spacial score (nSPS) is 19.1. The van der Waals surface area contributed by atoms with Gasteiger partial charge in [-0.25, -0.2) is 13.1 Å². The van der Waals surface area contributed by atoms with Crippen LogP contribution < -0.4 is 25.0 Å². The van der Waals surface area contributed by atoms with Crippen molar-refractivity contribution in [2.24, 2.45) is 0 Å². The molecule has 8 nitrogen and oxygen atoms in total. The lowest BCUT2D eigenvalue weighted by Crippen LogP contribution is -2.36. The molecule has 1 atom stereocenters. The highest BCUT2D eigenvalue weighted by Crippen LogP contribution is 2.25. The maximum atomic E-state index is 12.7. The molecule has 3 N–H and O–H groups in total. The Morgan fingerprint density at radius 2 is 1.68 bits per heavy atom. The average Bonchev–Trinajstić information content (AvgIpc) is 3.19. The first kappa shape index (κ1) is 24.1. The third-order valence-electron chi connectivity index (χ3n) is 6.27. The Balaban J connectivity index is 1.30. The smallest absolute Gasteiger partial charge is 0.240 e. The van der Waals surface area contributed by atoms with Crippen LogP contribution in [0.5, 0.6) is 5.75 Å². The Kier molecular flexibility index (Phi) is 7.43. The second-order valence-corrected chi connectivity index (χ2v) is 10.5. The fourth-order valence-corrected chi connectivity index (χ4v) is 5.80. The van der Waals surface area contributed by atoms with Crippen LogP contribution in [0.15, 0.2) is 65.8 Å². The molecule has 1 heterocycles. The summed E-state index contributed by atoms with van der Waals surface area (Å²) in [5, 5.41) is 6.40. The number of methoxy groups -OCH3 is 1. The third kappa shape index (κ3) is 5.90. The molecular formula is C25H32N4O4S. The van der Waals surface area contributed by atoms with Crippen LogP contribution in [-0.4, -0.2) is 40.1 Å². The van der Waals surface area contributed by atoms with E-state index in [0.29, 0.717) is 24.5 Å². The van der Waals surface area contributed by atoms with Gasteiger partial charge in [0.15, 0.2) is 0 Å². The summed E-state index contributed by atoms with van der Waals surface area (Å²) in [5.74, 6) is 1.33. The quantitative estimate of drug-likeness (QED) is 0.503. The van der Waals surface area contributed by atoms with Crippen LogP contribution in [0.2, 0.25) is 0 Å². The number of hydrogen-bond donors (Lipinski definition) is 3. The van der Waals surface area contributed by atoms with Gasteiger partial charge in [0.05, 0.1) is 23.9 Å². The third-order valence-corrected chi connectivity index (χ3v) is 7.81. The van der Waals surface area contributed by atoms with Crippen molar-refractivity contribution < 1.29 is 17.9 Å². The van der Waals surface area contributed by atoms with Crippen LogP contribution in [0, 0.1) is 0 Å². The maximum absolute atomic E-state index is 12.7. The number of nitrogens with one attached hydrogen (secondary N) is 3. The van der Waals surface area contributed by atoms with E-state index in [1.807, 2.05) is 24.3 Å². The van der Waals surface area contributed by atoms with Gasteiger partial charge in [-0.05, 0) is 61.4 Å². The van der Waals surface area contributed by atoms with E-state index >= 15 is 0 Å². The predicted octanol–water partition coefficient (Wildman–Crippen LogP) is 3.58. The van der Waals surface area contributed by atoms with Gasteiger partial charge in [-0.1, -0.05) is 25.8 Å². The number of carbonyl (C=O) groups excluding carboxylic acids is 1. The molecule has 0 bridgehead atoms. The van der Waals surface area contributed by atoms with Crippen molar-refractivity contribution in [1.29, 1.82) is 0 Å². The minimum absolute atomic E-state index is 0.0205. The van der Waals surface area contributed by atoms with Gasteiger partial charge in [0.25, 0.3) is 0 Å². The standard InChI is InChI=1S/C25H32N4O4S/c1-18(27-21-16-25(30)29(17-21)22-10-12-23(33-2)13-11-22)26-19-8-14-24(15-9-19)34(31,32)28-20-6-4-3-5-7-20/h8-15,20-21,26-28H,1,3-7,16-17H2,2H3. The molecule has 1 aliphatic heterocycles. The second-order valence-electron chi connectivity index (χ2n) is 8.83. The van der Waals surface area contributed by atoms with E-state index in [0.717, 1.165) is 37.1 Å². The van der Waals surface area contributed by atoms with Gasteiger partial charge in [-0.2, -0.15) is 0 Å². The molecular weight excluding hydrogens is 452 g/mol. The Bertz CT molecular complexity index is 1110. The van der Waals surface area contributed by atoms with Crippen molar-refractivity contribution in [1.82, 2.24) is 10.0 Å². The number of hydrogen-bond acceptors (Lipinski definition) is 6. The maximum Gasteiger partial charge on any atom is 0.240 e. The van der Waals surface area contributed by atoms with Crippen LogP contribution in [-0.2, 0) is 14.8 Å². The summed E-state index contributed by atoms with van der Waals surface area (Å²) >= 11 is 0. The van der Waals surface area contributed by atoms with E-state index in [-0.39, 0.29) is 22.9 Å². The molecule has 1 unspecified atom stereocenters. The molecule has 1 saturated heterocycles. The Hall–Kier alpha value is -3.04. The summed E-state index contributed by atoms with van der Waals surface area (Å²) in [7, 11) is -1.93. The number of amides is 1. The Labute approximate surface area is 201 Å². The van der Waals surface area contributed by atoms with Gasteiger partial charge < -0.3 is 20.3 Å². The highest BCUT2D eigenvalue weighted by molar-refractivity contribution is 7.89. The summed E-state index contributed by atoms with van der Waals surface area (Å²) in [6, 6.07) is 13.9. The topological polar surface area (TPSA) is 99.8 Å². The van der Waals surface area contributed by atoms with Crippen LogP contribution in [0.1, 0.15) is 38.5 Å². The second kappa shape index (κ2) is 10.5. The minimum atomic E-state index is -3.53. The number of nitrogens with zero attached hydrogens (tertiary/aromatic N) is 1. The molecule has 9 heteroatoms. The molecule has 182 valence electrons. The fourth-order valence-electron chi connectivity index (χ4n) is 4.50. The van der Waals surface area contributed by atoms with Crippen molar-refractivity contribution >= 4 is 27.3 Å². The fraction of sp³-hybridized carbons (Fsp3) is 0.400. The van der Waals surface area contributed by atoms with E-state index in [4.69, 9.17) is 4.74 Å². The molecule has 2 aromatic carbocycles. The van der Waals surface area contributed by atoms with Crippen LogP contribution >= 0.6 is 0 Å². The summed E-state index contributed by atoms with van der Waals surface area (Å²) in [5.41, 5.74) is 1.54. The van der Waals surface area contributed by atoms with Crippen molar-refractivity contribution in [3.8, 4) is 5.75 Å². The van der Waals surface area contributed by atoms with E-state index in [1.165, 1.54) is 6.42 Å². The average molecular weight is 485 g/mol. The molecule has 4 rings (SSSR count). The van der Waals surface area contributed by atoms with Gasteiger partial charge in [0, 0.05) is 30.4 Å². The lowest BCUT2D eigenvalue weighted by Gasteiger charge is -2.22. The number of ether oxygens (including phenoxy) is 1. The number of benzene rings is 2. The van der Waals surface area contributed by atoms with Crippen molar-refractivity contribution in [2.75, 3.05) is 23.9 Å². The van der Waals surface area contributed by atoms with Gasteiger partial charge in [0.2, 0.25) is 15.9 Å². The number of rotatable bonds is 9. The molecule has 1 aliphatic carbocycles. The summed E-state index contributed by atoms with van der Waals surface area (Å²) in [4.78, 5) is 14.5. The van der Waals surface area contributed by atoms with Gasteiger partial charge in [-0.3, -0.25) is 4.79 Å². The number of carbonyl (C=O) groups is 1. The van der Waals surface area contributed by atoms with Crippen LogP contribution in [0.4, 0.5) is 11.4 Å². The first-order chi connectivity index (χ1) is 16.3. The molecule has 0 radical (unpaired) electrons. The monoisotopic (exact) mass is 484 g/mol. The van der Waals surface area contributed by atoms with Gasteiger partial charge in [0.1, 0.15) is 5.75 Å². The van der Waals surface area contributed by atoms with Gasteiger partial charge in [-0.15, -0.1) is 0 Å². The van der Waals surface area contributed by atoms with Crippen LogP contribution in [0.25, 0.3) is 0 Å². The Morgan fingerprint density at radius 1 is 1.00 bits per heavy atom. The summed E-state index contributed by atoms with van der Waals surface area (Å²) in [6.45, 7) is 4.53. The van der Waals surface area contributed by atoms with Crippen molar-refractivity contribution in [2.45, 2.75) is 55.5 Å². The lowest BCUT2D eigenvalue weighted by atomic mass is 9.96. The molecule has 2 aromatic rings. The largest absolute Gasteiger partial charge is 0.497 e. The summed E-state index contributed by atoms with van der Waals surface area (Å²) < 4.78 is 33.3. The van der Waals surface area contributed by atoms with Crippen LogP contribution in [0.3, 0.4) is 0 Å². The van der Waals surface area contributed by atoms with E-state index < -0.39 is 10.0 Å². The SMILES string of the molecule is C=C(Nc1ccc(S(=O)(=O)NC2CCCCC2)cc1)NC1CC(=O)N(c2ccc(OC)cc2)C1. The zero-order valence-electron chi connectivity index (χ0n) is 19.4. The van der Waals surface area contributed by atoms with Crippen molar-refractivity contribution in [3.63, 3.8) is 0 Å². The molecule has 2 aliphatic rings. The van der Waals surface area contributed by atoms with Gasteiger partial charge >= 0.3 is 0 Å². The first-order valence-corrected chi connectivity index (χ1v) is 13.1. The summed E-state index contributed by atoms with van der Waals surface area (Å²) in [6.07, 6.45) is 5.45. The molecule has 1 amide bonds. The number of sulfonamides is 1. The van der Waals surface area contributed by atoms with E-state index in [9.17, 15) is 13.2 Å². The van der Waals surface area contributed by atoms with E-state index in [2.05, 4.69) is 21.9 Å². The number of anilines is 2. The predicted molar refractivity (Wildman–Crippen MR) is 133 cm³/mol. The molecule has 0 spiro atoms. The first-order valence-electron chi connectivity index (χ1n) is 11.6. The molecule has 2 fully saturated rings. The zero-order valence-corrected chi connectivity index (χ0v) is 20.2. The molecule has 1 saturated carbocycles. The lowest BCUT2D eigenvalue weighted by molar-refractivity contribution is -0.117. The molecule has 34 heavy (non-hydrogen) atoms. The molecule has 0 aromatic heterocycles. The highest BCUT2D eigenvalue weighted by Gasteiger charge is 2.30. The highest BCUT2D eigenvalue weighted by atomic mass is 32.2. The van der Waals surface area contributed by atoms with Crippen molar-refractivity contribution in [3.05, 3.63) is 60.9 Å². The van der Waals surface area contributed by atoms with E-state index in [1.54, 1.807) is 36.3 Å². The minimum Gasteiger partial charge on any atom is -0.497 e. The zero-order chi connectivity index (χ0) is 24.1. The Morgan fingerprint density at radius 3 is 2.32 bits per heavy atom.